The van der Waals surface area contributed by atoms with Gasteiger partial charge in [0.05, 0.1) is 22.4 Å². The average Bonchev–Trinajstić information content (AvgIpc) is 3.79. The van der Waals surface area contributed by atoms with Crippen LogP contribution in [0.5, 0.6) is 0 Å². The van der Waals surface area contributed by atoms with Gasteiger partial charge in [0, 0.05) is 38.5 Å². The number of para-hydroxylation sites is 3. The van der Waals surface area contributed by atoms with E-state index in [2.05, 4.69) is 219 Å². The van der Waals surface area contributed by atoms with Gasteiger partial charge >= 0.3 is 0 Å². The number of hydrogen-bond donors (Lipinski definition) is 0. The highest BCUT2D eigenvalue weighted by Crippen LogP contribution is 2.58. The smallest absolute Gasteiger partial charge is 0.0619 e. The van der Waals surface area contributed by atoms with E-state index >= 15 is 0 Å². The van der Waals surface area contributed by atoms with Crippen molar-refractivity contribution in [3.8, 4) is 39.1 Å². The topological polar surface area (TPSA) is 8.17 Å². The van der Waals surface area contributed by atoms with Gasteiger partial charge in [0.1, 0.15) is 0 Å². The molecule has 0 N–H and O–H groups in total. The lowest BCUT2D eigenvalue weighted by atomic mass is 9.80. The molecule has 0 spiro atoms. The quantitative estimate of drug-likeness (QED) is 0.172. The molecule has 0 amide bonds. The highest BCUT2D eigenvalue weighted by atomic mass is 15.2. The molecule has 8 aromatic carbocycles. The molecular weight excluding hydrogens is 677 g/mol. The predicted molar refractivity (Wildman–Crippen MR) is 236 cm³/mol. The largest absolute Gasteiger partial charge is 0.310 e. The third kappa shape index (κ3) is 4.50. The van der Waals surface area contributed by atoms with E-state index in [0.717, 1.165) is 11.4 Å². The molecule has 2 nitrogen and oxygen atoms in total. The van der Waals surface area contributed by atoms with Gasteiger partial charge in [-0.3, -0.25) is 0 Å². The first-order valence-corrected chi connectivity index (χ1v) is 19.8. The zero-order chi connectivity index (χ0) is 37.8. The molecule has 0 saturated heterocycles. The second kappa shape index (κ2) is 11.9. The van der Waals surface area contributed by atoms with Crippen LogP contribution in [-0.4, -0.2) is 4.57 Å². The first-order valence-electron chi connectivity index (χ1n) is 19.8. The lowest BCUT2D eigenvalue weighted by Crippen LogP contribution is -2.24. The molecule has 9 aromatic rings. The van der Waals surface area contributed by atoms with Crippen LogP contribution in [0.2, 0.25) is 0 Å². The fourth-order valence-electron chi connectivity index (χ4n) is 10.3. The summed E-state index contributed by atoms with van der Waals surface area (Å²) < 4.78 is 2.44. The number of aromatic nitrogens is 1. The van der Waals surface area contributed by atoms with Gasteiger partial charge in [-0.1, -0.05) is 167 Å². The van der Waals surface area contributed by atoms with E-state index in [1.54, 1.807) is 0 Å². The van der Waals surface area contributed by atoms with Crippen LogP contribution in [-0.2, 0) is 10.8 Å². The number of rotatable bonds is 5. The van der Waals surface area contributed by atoms with Gasteiger partial charge in [-0.25, -0.2) is 0 Å². The highest BCUT2D eigenvalue weighted by Gasteiger charge is 2.42. The van der Waals surface area contributed by atoms with Crippen molar-refractivity contribution < 1.29 is 0 Å². The van der Waals surface area contributed by atoms with Crippen LogP contribution < -0.4 is 4.90 Å². The van der Waals surface area contributed by atoms with Crippen molar-refractivity contribution in [2.24, 2.45) is 0 Å². The van der Waals surface area contributed by atoms with Gasteiger partial charge in [-0.15, -0.1) is 0 Å². The highest BCUT2D eigenvalue weighted by molar-refractivity contribution is 6.14. The maximum atomic E-state index is 2.58. The molecule has 0 atom stereocenters. The Kier molecular flexibility index (Phi) is 6.98. The van der Waals surface area contributed by atoms with E-state index in [1.807, 2.05) is 0 Å². The molecule has 1 heterocycles. The summed E-state index contributed by atoms with van der Waals surface area (Å²) in [6, 6.07) is 67.4. The van der Waals surface area contributed by atoms with E-state index < -0.39 is 0 Å². The molecule has 2 aliphatic carbocycles. The lowest BCUT2D eigenvalue weighted by Gasteiger charge is -2.35. The summed E-state index contributed by atoms with van der Waals surface area (Å²) in [5, 5.41) is 2.51. The van der Waals surface area contributed by atoms with Crippen LogP contribution >= 0.6 is 0 Å². The lowest BCUT2D eigenvalue weighted by molar-refractivity contribution is 0.656. The van der Waals surface area contributed by atoms with Crippen molar-refractivity contribution >= 4 is 38.9 Å². The average molecular weight is 719 g/mol. The van der Waals surface area contributed by atoms with Crippen LogP contribution in [0.3, 0.4) is 0 Å². The molecule has 268 valence electrons. The zero-order valence-electron chi connectivity index (χ0n) is 32.2. The minimum absolute atomic E-state index is 0.197. The predicted octanol–water partition coefficient (Wildman–Crippen LogP) is 14.5. The standard InChI is InChI=1S/C54H42N2/c1-53(2)45-29-11-8-22-39(45)42-26-16-32-48(50(42)53)55(49-33-17-27-43-40-23-9-12-30-46(40)54(3,4)51(43)49)37-21-14-18-35(34-37)38-25-15-28-44-41-24-10-13-31-47(41)56(52(38)44)36-19-6-5-7-20-36/h5-34H,1-4H3. The van der Waals surface area contributed by atoms with E-state index in [9.17, 15) is 0 Å². The summed E-state index contributed by atoms with van der Waals surface area (Å²) in [5.41, 5.74) is 19.9. The Hall–Kier alpha value is -6.64. The molecule has 0 radical (unpaired) electrons. The summed E-state index contributed by atoms with van der Waals surface area (Å²) in [4.78, 5) is 2.58. The first kappa shape index (κ1) is 32.8. The Balaban J connectivity index is 1.20. The minimum atomic E-state index is -0.197. The van der Waals surface area contributed by atoms with Gasteiger partial charge in [-0.05, 0) is 92.5 Å². The molecule has 2 aliphatic rings. The van der Waals surface area contributed by atoms with Gasteiger partial charge in [0.2, 0.25) is 0 Å². The number of anilines is 3. The van der Waals surface area contributed by atoms with Crippen LogP contribution in [0.1, 0.15) is 49.9 Å². The van der Waals surface area contributed by atoms with Gasteiger partial charge < -0.3 is 9.47 Å². The van der Waals surface area contributed by atoms with Crippen molar-refractivity contribution in [3.63, 3.8) is 0 Å². The molecular formula is C54H42N2. The fraction of sp³-hybridized carbons (Fsp3) is 0.111. The molecule has 0 fully saturated rings. The van der Waals surface area contributed by atoms with Crippen molar-refractivity contribution in [1.29, 1.82) is 0 Å². The second-order valence-corrected chi connectivity index (χ2v) is 16.5. The summed E-state index contributed by atoms with van der Waals surface area (Å²) >= 11 is 0. The van der Waals surface area contributed by atoms with Gasteiger partial charge in [-0.2, -0.15) is 0 Å². The summed E-state index contributed by atoms with van der Waals surface area (Å²) in [5.74, 6) is 0. The maximum absolute atomic E-state index is 2.58. The van der Waals surface area contributed by atoms with Crippen molar-refractivity contribution in [1.82, 2.24) is 4.57 Å². The van der Waals surface area contributed by atoms with Crippen LogP contribution in [0.4, 0.5) is 17.1 Å². The van der Waals surface area contributed by atoms with Crippen LogP contribution in [0.25, 0.3) is 60.9 Å². The van der Waals surface area contributed by atoms with E-state index in [1.165, 1.54) is 88.8 Å². The Morgan fingerprint density at radius 3 is 1.57 bits per heavy atom. The maximum Gasteiger partial charge on any atom is 0.0619 e. The summed E-state index contributed by atoms with van der Waals surface area (Å²) in [7, 11) is 0. The third-order valence-corrected chi connectivity index (χ3v) is 12.7. The molecule has 0 saturated carbocycles. The molecule has 0 bridgehead atoms. The third-order valence-electron chi connectivity index (χ3n) is 12.7. The number of fused-ring (bicyclic) bond motifs is 9. The Morgan fingerprint density at radius 1 is 0.411 bits per heavy atom. The van der Waals surface area contributed by atoms with Crippen molar-refractivity contribution in [2.75, 3.05) is 4.90 Å². The monoisotopic (exact) mass is 718 g/mol. The number of nitrogens with zero attached hydrogens (tertiary/aromatic N) is 2. The Morgan fingerprint density at radius 2 is 0.911 bits per heavy atom. The molecule has 56 heavy (non-hydrogen) atoms. The second-order valence-electron chi connectivity index (χ2n) is 16.5. The normalized spacial score (nSPS) is 14.4. The van der Waals surface area contributed by atoms with E-state index in [0.29, 0.717) is 0 Å². The molecule has 1 aromatic heterocycles. The molecule has 0 aliphatic heterocycles. The Labute approximate surface area is 328 Å². The number of hydrogen-bond acceptors (Lipinski definition) is 1. The Bertz CT molecular complexity index is 2930. The molecule has 0 unspecified atom stereocenters. The van der Waals surface area contributed by atoms with Gasteiger partial charge in [0.25, 0.3) is 0 Å². The van der Waals surface area contributed by atoms with Crippen LogP contribution in [0, 0.1) is 0 Å². The first-order chi connectivity index (χ1) is 27.3. The summed E-state index contributed by atoms with van der Waals surface area (Å²) in [6.45, 7) is 9.59. The zero-order valence-corrected chi connectivity index (χ0v) is 32.2. The fourth-order valence-corrected chi connectivity index (χ4v) is 10.3. The van der Waals surface area contributed by atoms with Crippen molar-refractivity contribution in [3.05, 3.63) is 204 Å². The molecule has 2 heteroatoms. The van der Waals surface area contributed by atoms with E-state index in [4.69, 9.17) is 0 Å². The van der Waals surface area contributed by atoms with Crippen LogP contribution in [0.15, 0.2) is 182 Å². The number of benzene rings is 8. The van der Waals surface area contributed by atoms with Gasteiger partial charge in [0.15, 0.2) is 0 Å². The van der Waals surface area contributed by atoms with Crippen molar-refractivity contribution in [2.45, 2.75) is 38.5 Å². The summed E-state index contributed by atoms with van der Waals surface area (Å²) in [6.07, 6.45) is 0. The minimum Gasteiger partial charge on any atom is -0.310 e. The molecule has 11 rings (SSSR count). The SMILES string of the molecule is CC1(C)c2ccccc2-c2cccc(N(c3cccc(-c4cccc5c6ccccc6n(-c6ccccc6)c45)c3)c3cccc4c3C(C)(C)c3ccccc3-4)c21. The van der Waals surface area contributed by atoms with E-state index in [-0.39, 0.29) is 10.8 Å².